The fraction of sp³-hybridized carbons (Fsp3) is 0.333. The van der Waals surface area contributed by atoms with Gasteiger partial charge in [-0.2, -0.15) is 0 Å². The van der Waals surface area contributed by atoms with E-state index in [0.29, 0.717) is 5.56 Å². The van der Waals surface area contributed by atoms with Crippen LogP contribution in [-0.4, -0.2) is 41.3 Å². The van der Waals surface area contributed by atoms with Crippen LogP contribution in [0.1, 0.15) is 23.2 Å². The number of hydrogen-bond donors (Lipinski definition) is 3. The van der Waals surface area contributed by atoms with Crippen molar-refractivity contribution in [3.63, 3.8) is 0 Å². The molecular weight excluding hydrogens is 268 g/mol. The van der Waals surface area contributed by atoms with Crippen LogP contribution in [0.3, 0.4) is 0 Å². The van der Waals surface area contributed by atoms with E-state index in [1.807, 2.05) is 30.3 Å². The van der Waals surface area contributed by atoms with Gasteiger partial charge in [0, 0.05) is 22.7 Å². The Morgan fingerprint density at radius 1 is 1.29 bits per heavy atom. The molecule has 1 aliphatic heterocycles. The van der Waals surface area contributed by atoms with Crippen molar-refractivity contribution in [3.05, 3.63) is 36.0 Å². The summed E-state index contributed by atoms with van der Waals surface area (Å²) in [7, 11) is 1.92. The number of likely N-dealkylation sites (N-methyl/N-ethyl adjacent to an activating group) is 1. The highest BCUT2D eigenvalue weighted by atomic mass is 16.2. The molecule has 0 aliphatic carbocycles. The van der Waals surface area contributed by atoms with Crippen molar-refractivity contribution in [2.45, 2.75) is 18.9 Å². The molecule has 1 fully saturated rings. The van der Waals surface area contributed by atoms with E-state index in [0.717, 1.165) is 30.3 Å². The maximum Gasteiger partial charge on any atom is 0.269 e. The van der Waals surface area contributed by atoms with Gasteiger partial charge in [-0.15, -0.1) is 0 Å². The lowest BCUT2D eigenvalue weighted by Crippen LogP contribution is -2.49. The molecule has 0 spiro atoms. The SMILES string of the molecule is CN1CCCC1C(=O)NNC(=O)c1ccc2[nH]ccc2c1. The molecule has 1 aromatic carbocycles. The number of H-pyrrole nitrogens is 1. The zero-order chi connectivity index (χ0) is 14.8. The first kappa shape index (κ1) is 13.6. The summed E-state index contributed by atoms with van der Waals surface area (Å²) in [5.41, 5.74) is 6.48. The number of nitrogens with zero attached hydrogens (tertiary/aromatic N) is 1. The number of rotatable bonds is 2. The van der Waals surface area contributed by atoms with Gasteiger partial charge in [-0.3, -0.25) is 25.3 Å². The van der Waals surface area contributed by atoms with Crippen molar-refractivity contribution < 1.29 is 9.59 Å². The second kappa shape index (κ2) is 5.57. The molecule has 0 radical (unpaired) electrons. The molecule has 1 aliphatic rings. The van der Waals surface area contributed by atoms with Crippen molar-refractivity contribution in [2.75, 3.05) is 13.6 Å². The standard InChI is InChI=1S/C15H18N4O2/c1-19-8-2-3-13(19)15(21)18-17-14(20)11-4-5-12-10(9-11)6-7-16-12/h4-7,9,13,16H,2-3,8H2,1H3,(H,17,20)(H,18,21). The predicted molar refractivity (Wildman–Crippen MR) is 79.6 cm³/mol. The number of carbonyl (C=O) groups is 2. The van der Waals surface area contributed by atoms with Gasteiger partial charge in [0.2, 0.25) is 0 Å². The molecule has 110 valence electrons. The second-order valence-corrected chi connectivity index (χ2v) is 5.36. The van der Waals surface area contributed by atoms with Gasteiger partial charge in [-0.05, 0) is 50.7 Å². The number of hydrogen-bond acceptors (Lipinski definition) is 3. The first-order valence-corrected chi connectivity index (χ1v) is 7.03. The first-order chi connectivity index (χ1) is 10.1. The summed E-state index contributed by atoms with van der Waals surface area (Å²) in [5.74, 6) is -0.474. The summed E-state index contributed by atoms with van der Waals surface area (Å²) in [4.78, 5) is 29.1. The number of nitrogens with one attached hydrogen (secondary N) is 3. The fourth-order valence-corrected chi connectivity index (χ4v) is 2.71. The Labute approximate surface area is 122 Å². The van der Waals surface area contributed by atoms with E-state index in [4.69, 9.17) is 0 Å². The maximum atomic E-state index is 12.1. The number of carbonyl (C=O) groups excluding carboxylic acids is 2. The van der Waals surface area contributed by atoms with Gasteiger partial charge in [0.15, 0.2) is 0 Å². The molecule has 3 rings (SSSR count). The van der Waals surface area contributed by atoms with E-state index in [2.05, 4.69) is 15.8 Å². The first-order valence-electron chi connectivity index (χ1n) is 7.03. The van der Waals surface area contributed by atoms with E-state index in [9.17, 15) is 9.59 Å². The lowest BCUT2D eigenvalue weighted by atomic mass is 10.1. The largest absolute Gasteiger partial charge is 0.361 e. The predicted octanol–water partition coefficient (Wildman–Crippen LogP) is 1.02. The molecule has 3 N–H and O–H groups in total. The Kier molecular flexibility index (Phi) is 3.62. The van der Waals surface area contributed by atoms with Gasteiger partial charge in [-0.1, -0.05) is 0 Å². The van der Waals surface area contributed by atoms with Gasteiger partial charge in [-0.25, -0.2) is 0 Å². The highest BCUT2D eigenvalue weighted by Crippen LogP contribution is 2.15. The van der Waals surface area contributed by atoms with Crippen LogP contribution in [0.25, 0.3) is 10.9 Å². The van der Waals surface area contributed by atoms with Crippen LogP contribution in [0, 0.1) is 0 Å². The number of benzene rings is 1. The minimum Gasteiger partial charge on any atom is -0.361 e. The molecule has 2 heterocycles. The number of aromatic amines is 1. The number of amides is 2. The van der Waals surface area contributed by atoms with E-state index in [1.54, 1.807) is 12.1 Å². The quantitative estimate of drug-likeness (QED) is 0.721. The summed E-state index contributed by atoms with van der Waals surface area (Å²) < 4.78 is 0. The minimum atomic E-state index is -0.313. The molecule has 0 bridgehead atoms. The Balaban J connectivity index is 1.62. The number of fused-ring (bicyclic) bond motifs is 1. The Hall–Kier alpha value is -2.34. The molecule has 1 aromatic heterocycles. The Morgan fingerprint density at radius 3 is 2.90 bits per heavy atom. The molecule has 1 unspecified atom stereocenters. The number of likely N-dealkylation sites (tertiary alicyclic amines) is 1. The molecule has 21 heavy (non-hydrogen) atoms. The van der Waals surface area contributed by atoms with Crippen LogP contribution in [-0.2, 0) is 4.79 Å². The third-order valence-corrected chi connectivity index (χ3v) is 3.94. The van der Waals surface area contributed by atoms with E-state index in [1.165, 1.54) is 0 Å². The van der Waals surface area contributed by atoms with Crippen molar-refractivity contribution in [1.29, 1.82) is 0 Å². The van der Waals surface area contributed by atoms with Crippen molar-refractivity contribution in [3.8, 4) is 0 Å². The summed E-state index contributed by atoms with van der Waals surface area (Å²) in [6.45, 7) is 0.913. The fourth-order valence-electron chi connectivity index (χ4n) is 2.71. The van der Waals surface area contributed by atoms with Crippen molar-refractivity contribution >= 4 is 22.7 Å². The molecule has 1 saturated heterocycles. The molecule has 6 heteroatoms. The van der Waals surface area contributed by atoms with Crippen molar-refractivity contribution in [2.24, 2.45) is 0 Å². The van der Waals surface area contributed by atoms with Gasteiger partial charge in [0.25, 0.3) is 11.8 Å². The average Bonchev–Trinajstić information content (AvgIpc) is 3.11. The zero-order valence-electron chi connectivity index (χ0n) is 11.8. The van der Waals surface area contributed by atoms with E-state index < -0.39 is 0 Å². The van der Waals surface area contributed by atoms with Crippen LogP contribution in [0.15, 0.2) is 30.5 Å². The van der Waals surface area contributed by atoms with Gasteiger partial charge < -0.3 is 4.98 Å². The number of aromatic nitrogens is 1. The highest BCUT2D eigenvalue weighted by Gasteiger charge is 2.27. The Morgan fingerprint density at radius 2 is 2.14 bits per heavy atom. The third kappa shape index (κ3) is 2.75. The van der Waals surface area contributed by atoms with Crippen LogP contribution < -0.4 is 10.9 Å². The zero-order valence-corrected chi connectivity index (χ0v) is 11.8. The molecule has 1 atom stereocenters. The van der Waals surface area contributed by atoms with Gasteiger partial charge in [0.05, 0.1) is 6.04 Å². The van der Waals surface area contributed by atoms with Gasteiger partial charge in [0.1, 0.15) is 0 Å². The van der Waals surface area contributed by atoms with Gasteiger partial charge >= 0.3 is 0 Å². The molecule has 2 aromatic rings. The maximum absolute atomic E-state index is 12.1. The lowest BCUT2D eigenvalue weighted by Gasteiger charge is -2.18. The van der Waals surface area contributed by atoms with Crippen LogP contribution in [0.4, 0.5) is 0 Å². The smallest absolute Gasteiger partial charge is 0.269 e. The van der Waals surface area contributed by atoms with E-state index in [-0.39, 0.29) is 17.9 Å². The second-order valence-electron chi connectivity index (χ2n) is 5.36. The van der Waals surface area contributed by atoms with Crippen LogP contribution in [0.2, 0.25) is 0 Å². The molecule has 0 saturated carbocycles. The minimum absolute atomic E-state index is 0.155. The van der Waals surface area contributed by atoms with E-state index >= 15 is 0 Å². The van der Waals surface area contributed by atoms with Crippen LogP contribution in [0.5, 0.6) is 0 Å². The normalized spacial score (nSPS) is 18.8. The Bertz CT molecular complexity index is 679. The summed E-state index contributed by atoms with van der Waals surface area (Å²) >= 11 is 0. The third-order valence-electron chi connectivity index (χ3n) is 3.94. The summed E-state index contributed by atoms with van der Waals surface area (Å²) in [6.07, 6.45) is 3.66. The summed E-state index contributed by atoms with van der Waals surface area (Å²) in [6, 6.07) is 7.10. The monoisotopic (exact) mass is 286 g/mol. The topological polar surface area (TPSA) is 77.2 Å². The average molecular weight is 286 g/mol. The number of hydrazine groups is 1. The molecule has 6 nitrogen and oxygen atoms in total. The highest BCUT2D eigenvalue weighted by molar-refractivity contribution is 5.99. The van der Waals surface area contributed by atoms with Crippen LogP contribution >= 0.6 is 0 Å². The molecule has 2 amide bonds. The van der Waals surface area contributed by atoms with Crippen molar-refractivity contribution in [1.82, 2.24) is 20.7 Å². The lowest BCUT2D eigenvalue weighted by molar-refractivity contribution is -0.125. The summed E-state index contributed by atoms with van der Waals surface area (Å²) in [5, 5.41) is 0.963. The molecular formula is C15H18N4O2.